The zero-order valence-corrected chi connectivity index (χ0v) is 32.2. The highest BCUT2D eigenvalue weighted by molar-refractivity contribution is 7.22. The third kappa shape index (κ3) is 10.3. The Hall–Kier alpha value is -5.19. The van der Waals surface area contributed by atoms with E-state index in [-0.39, 0.29) is 35.6 Å². The molecule has 1 saturated carbocycles. The van der Waals surface area contributed by atoms with Gasteiger partial charge in [-0.1, -0.05) is 33.8 Å². The molecule has 55 heavy (non-hydrogen) atoms. The number of halogens is 1. The number of amides is 4. The average Bonchev–Trinajstić information content (AvgIpc) is 3.86. The Morgan fingerprint density at radius 2 is 1.73 bits per heavy atom. The van der Waals surface area contributed by atoms with Gasteiger partial charge in [-0.3, -0.25) is 24.5 Å². The van der Waals surface area contributed by atoms with Gasteiger partial charge in [0, 0.05) is 69.0 Å². The molecule has 14 nitrogen and oxygen atoms in total. The number of thiophene rings is 1. The van der Waals surface area contributed by atoms with Crippen LogP contribution in [0, 0.1) is 17.7 Å². The fraction of sp³-hybridized carbons (Fsp3) is 0.436. The van der Waals surface area contributed by atoms with E-state index in [1.54, 1.807) is 37.1 Å². The van der Waals surface area contributed by atoms with Crippen LogP contribution in [0.3, 0.4) is 0 Å². The second-order valence-electron chi connectivity index (χ2n) is 14.6. The zero-order chi connectivity index (χ0) is 39.2. The number of nitrogens with two attached hydrogens (primary N) is 1. The summed E-state index contributed by atoms with van der Waals surface area (Å²) in [4.78, 5) is 64.1. The van der Waals surface area contributed by atoms with E-state index >= 15 is 0 Å². The minimum Gasteiger partial charge on any atom is -0.454 e. The maximum absolute atomic E-state index is 15.0. The molecule has 2 fully saturated rings. The van der Waals surface area contributed by atoms with E-state index in [1.165, 1.54) is 23.5 Å². The Morgan fingerprint density at radius 1 is 0.964 bits per heavy atom. The van der Waals surface area contributed by atoms with Crippen molar-refractivity contribution < 1.29 is 33.0 Å². The number of anilines is 1. The SMILES string of the molecule is CC(C)[C@H](N)C(=O)N[C@H](C(=O)OCC(=O)N1CCN(Cc2ccc(-c3cc4nccc(Oc5ccc(NC(=O)NC6CC6)cc5F)c4s3)nc2)CC1)C(C)C. The van der Waals surface area contributed by atoms with Crippen LogP contribution in [-0.4, -0.2) is 94.5 Å². The predicted molar refractivity (Wildman–Crippen MR) is 207 cm³/mol. The molecule has 2 aliphatic rings. The van der Waals surface area contributed by atoms with Gasteiger partial charge in [0.25, 0.3) is 5.91 Å². The average molecular weight is 775 g/mol. The molecule has 4 heterocycles. The summed E-state index contributed by atoms with van der Waals surface area (Å²) in [7, 11) is 0. The summed E-state index contributed by atoms with van der Waals surface area (Å²) in [5.41, 5.74) is 8.72. The summed E-state index contributed by atoms with van der Waals surface area (Å²) >= 11 is 1.44. The Balaban J connectivity index is 0.986. The summed E-state index contributed by atoms with van der Waals surface area (Å²) < 4.78 is 27.0. The fourth-order valence-electron chi connectivity index (χ4n) is 5.92. The molecule has 0 bridgehead atoms. The Kier molecular flexibility index (Phi) is 12.6. The lowest BCUT2D eigenvalue weighted by atomic mass is 10.0. The molecule has 16 heteroatoms. The van der Waals surface area contributed by atoms with Crippen LogP contribution in [0.25, 0.3) is 20.8 Å². The lowest BCUT2D eigenvalue weighted by molar-refractivity contribution is -0.156. The van der Waals surface area contributed by atoms with Crippen molar-refractivity contribution in [1.82, 2.24) is 30.4 Å². The lowest BCUT2D eigenvalue weighted by Crippen LogP contribution is -2.53. The van der Waals surface area contributed by atoms with Crippen molar-refractivity contribution in [3.8, 4) is 22.1 Å². The van der Waals surface area contributed by atoms with E-state index in [0.717, 1.165) is 33.7 Å². The number of hydrogen-bond donors (Lipinski definition) is 4. The van der Waals surface area contributed by atoms with Gasteiger partial charge < -0.3 is 36.1 Å². The number of nitrogens with zero attached hydrogens (tertiary/aromatic N) is 4. The first-order valence-electron chi connectivity index (χ1n) is 18.5. The molecular formula is C39H47FN8O6S. The van der Waals surface area contributed by atoms with Crippen LogP contribution in [0.4, 0.5) is 14.9 Å². The molecule has 1 aliphatic carbocycles. The van der Waals surface area contributed by atoms with Gasteiger partial charge in [-0.2, -0.15) is 0 Å². The topological polar surface area (TPSA) is 181 Å². The Morgan fingerprint density at radius 3 is 2.38 bits per heavy atom. The number of ether oxygens (including phenoxy) is 2. The number of carbonyl (C=O) groups is 4. The third-order valence-electron chi connectivity index (χ3n) is 9.48. The van der Waals surface area contributed by atoms with Gasteiger partial charge in [0.15, 0.2) is 18.2 Å². The largest absolute Gasteiger partial charge is 0.454 e. The molecule has 2 atom stereocenters. The van der Waals surface area contributed by atoms with Crippen molar-refractivity contribution >= 4 is 51.1 Å². The van der Waals surface area contributed by atoms with Gasteiger partial charge in [-0.15, -0.1) is 11.3 Å². The maximum Gasteiger partial charge on any atom is 0.329 e. The van der Waals surface area contributed by atoms with Crippen molar-refractivity contribution in [3.05, 3.63) is 66.2 Å². The molecule has 0 radical (unpaired) electrons. The standard InChI is InChI=1S/C39H47FN8O6S/c1-22(2)34(41)37(50)46-35(23(3)4)38(51)53-21-33(49)48-15-13-47(14-16-48)20-24-5-9-28(43-19-24)32-18-29-36(55-32)31(11-12-42-29)54-30-10-8-26(17-27(30)40)45-39(52)44-25-6-7-25/h5,8-12,17-19,22-23,25,34-35H,6-7,13-16,20-21,41H2,1-4H3,(H,46,50)(H2,44,45,52)/t34-,35-/m0/s1. The molecule has 5 N–H and O–H groups in total. The number of piperazine rings is 1. The van der Waals surface area contributed by atoms with Crippen molar-refractivity contribution in [2.75, 3.05) is 38.1 Å². The zero-order valence-electron chi connectivity index (χ0n) is 31.3. The molecule has 4 amide bonds. The number of aromatic nitrogens is 2. The number of fused-ring (bicyclic) bond motifs is 1. The molecule has 0 spiro atoms. The summed E-state index contributed by atoms with van der Waals surface area (Å²) in [5, 5.41) is 8.12. The number of esters is 1. The first kappa shape index (κ1) is 39.5. The summed E-state index contributed by atoms with van der Waals surface area (Å²) in [5.74, 6) is -1.85. The van der Waals surface area contributed by atoms with Crippen LogP contribution in [0.2, 0.25) is 0 Å². The number of hydrogen-bond acceptors (Lipinski definition) is 11. The smallest absolute Gasteiger partial charge is 0.329 e. The van der Waals surface area contributed by atoms with E-state index < -0.39 is 36.4 Å². The quantitative estimate of drug-likeness (QED) is 0.129. The molecule has 1 aromatic carbocycles. The molecule has 4 aromatic rings. The second kappa shape index (κ2) is 17.5. The van der Waals surface area contributed by atoms with Crippen molar-refractivity contribution in [2.45, 2.75) is 65.2 Å². The highest BCUT2D eigenvalue weighted by atomic mass is 32.1. The Labute approximate surface area is 323 Å². The van der Waals surface area contributed by atoms with Crippen molar-refractivity contribution in [2.24, 2.45) is 17.6 Å². The second-order valence-corrected chi connectivity index (χ2v) is 15.6. The minimum atomic E-state index is -0.902. The number of benzene rings is 1. The molecular weight excluding hydrogens is 728 g/mol. The molecule has 0 unspecified atom stereocenters. The van der Waals surface area contributed by atoms with Crippen molar-refractivity contribution in [3.63, 3.8) is 0 Å². The highest BCUT2D eigenvalue weighted by Crippen LogP contribution is 2.39. The van der Waals surface area contributed by atoms with E-state index in [0.29, 0.717) is 49.7 Å². The number of pyridine rings is 2. The normalized spacial score (nSPS) is 15.8. The van der Waals surface area contributed by atoms with E-state index in [9.17, 15) is 23.6 Å². The molecule has 6 rings (SSSR count). The first-order chi connectivity index (χ1) is 26.3. The van der Waals surface area contributed by atoms with Crippen LogP contribution >= 0.6 is 11.3 Å². The third-order valence-corrected chi connectivity index (χ3v) is 10.6. The van der Waals surface area contributed by atoms with Crippen LogP contribution < -0.4 is 26.4 Å². The van der Waals surface area contributed by atoms with Crippen LogP contribution in [0.15, 0.2) is 54.9 Å². The number of urea groups is 1. The first-order valence-corrected chi connectivity index (χ1v) is 19.3. The molecule has 3 aromatic heterocycles. The number of carbonyl (C=O) groups excluding carboxylic acids is 4. The molecule has 292 valence electrons. The van der Waals surface area contributed by atoms with E-state index in [2.05, 4.69) is 25.8 Å². The van der Waals surface area contributed by atoms with Gasteiger partial charge in [-0.25, -0.2) is 14.0 Å². The highest BCUT2D eigenvalue weighted by Gasteiger charge is 2.30. The van der Waals surface area contributed by atoms with Crippen LogP contribution in [0.5, 0.6) is 11.5 Å². The predicted octanol–water partition coefficient (Wildman–Crippen LogP) is 4.89. The summed E-state index contributed by atoms with van der Waals surface area (Å²) in [6.45, 7) is 9.72. The van der Waals surface area contributed by atoms with Gasteiger partial charge in [0.05, 0.1) is 26.8 Å². The summed E-state index contributed by atoms with van der Waals surface area (Å²) in [6.07, 6.45) is 5.34. The molecule has 1 aliphatic heterocycles. The fourth-order valence-corrected chi connectivity index (χ4v) is 6.97. The van der Waals surface area contributed by atoms with Gasteiger partial charge in [0.1, 0.15) is 11.8 Å². The minimum absolute atomic E-state index is 0.0247. The Bertz CT molecular complexity index is 2010. The van der Waals surface area contributed by atoms with Crippen molar-refractivity contribution in [1.29, 1.82) is 0 Å². The monoisotopic (exact) mass is 774 g/mol. The van der Waals surface area contributed by atoms with E-state index in [4.69, 9.17) is 20.2 Å². The lowest BCUT2D eigenvalue weighted by Gasteiger charge is -2.34. The van der Waals surface area contributed by atoms with Gasteiger partial charge in [0.2, 0.25) is 5.91 Å². The van der Waals surface area contributed by atoms with Crippen LogP contribution in [0.1, 0.15) is 46.1 Å². The maximum atomic E-state index is 15.0. The molecule has 1 saturated heterocycles. The number of rotatable bonds is 14. The van der Waals surface area contributed by atoms with Gasteiger partial charge in [-0.05, 0) is 54.5 Å². The van der Waals surface area contributed by atoms with Gasteiger partial charge >= 0.3 is 12.0 Å². The van der Waals surface area contributed by atoms with E-state index in [1.807, 2.05) is 38.2 Å². The number of nitrogens with one attached hydrogen (secondary N) is 3. The summed E-state index contributed by atoms with van der Waals surface area (Å²) in [6, 6.07) is 10.0. The van der Waals surface area contributed by atoms with Crippen LogP contribution in [-0.2, 0) is 25.7 Å².